The number of aryl methyl sites for hydroxylation is 2. The van der Waals surface area contributed by atoms with Gasteiger partial charge in [-0.05, 0) is 49.2 Å². The maximum absolute atomic E-state index is 12.2. The molecule has 0 saturated heterocycles. The zero-order chi connectivity index (χ0) is 20.1. The van der Waals surface area contributed by atoms with Crippen LogP contribution in [-0.4, -0.2) is 15.7 Å². The molecule has 5 nitrogen and oxygen atoms in total. The van der Waals surface area contributed by atoms with E-state index in [1.807, 2.05) is 37.3 Å². The van der Waals surface area contributed by atoms with E-state index in [9.17, 15) is 9.59 Å². The lowest BCUT2D eigenvalue weighted by molar-refractivity contribution is -0.116. The molecule has 1 amide bonds. The zero-order valence-electron chi connectivity index (χ0n) is 15.3. The monoisotopic (exact) mass is 459 g/mol. The highest BCUT2D eigenvalue weighted by Crippen LogP contribution is 2.21. The van der Waals surface area contributed by atoms with Crippen molar-refractivity contribution in [2.75, 3.05) is 5.32 Å². The van der Waals surface area contributed by atoms with Crippen LogP contribution < -0.4 is 10.9 Å². The third kappa shape index (κ3) is 5.30. The maximum Gasteiger partial charge on any atom is 0.266 e. The molecule has 144 valence electrons. The molecule has 28 heavy (non-hydrogen) atoms. The molecule has 0 saturated carbocycles. The zero-order valence-corrected chi connectivity index (χ0v) is 17.6. The van der Waals surface area contributed by atoms with E-state index in [0.717, 1.165) is 15.6 Å². The summed E-state index contributed by atoms with van der Waals surface area (Å²) in [4.78, 5) is 24.3. The average molecular weight is 461 g/mol. The van der Waals surface area contributed by atoms with Gasteiger partial charge < -0.3 is 5.32 Å². The first-order valence-electron chi connectivity index (χ1n) is 8.82. The molecule has 7 heteroatoms. The van der Waals surface area contributed by atoms with E-state index in [0.29, 0.717) is 29.4 Å². The lowest BCUT2D eigenvalue weighted by Gasteiger charge is -2.10. The predicted octanol–water partition coefficient (Wildman–Crippen LogP) is 5.05. The van der Waals surface area contributed by atoms with Crippen molar-refractivity contribution in [1.82, 2.24) is 9.78 Å². The predicted molar refractivity (Wildman–Crippen MR) is 116 cm³/mol. The summed E-state index contributed by atoms with van der Waals surface area (Å²) in [6.07, 6.45) is 0.782. The van der Waals surface area contributed by atoms with Crippen LogP contribution in [0.25, 0.3) is 11.3 Å². The van der Waals surface area contributed by atoms with Crippen LogP contribution in [0.15, 0.2) is 63.9 Å². The van der Waals surface area contributed by atoms with E-state index < -0.39 is 0 Å². The molecule has 0 aliphatic carbocycles. The normalized spacial score (nSPS) is 10.7. The Morgan fingerprint density at radius 1 is 1.14 bits per heavy atom. The number of halogens is 2. The van der Waals surface area contributed by atoms with E-state index >= 15 is 0 Å². The minimum atomic E-state index is -0.188. The Hall–Kier alpha value is -2.44. The van der Waals surface area contributed by atoms with Crippen LogP contribution in [0.3, 0.4) is 0 Å². The average Bonchev–Trinajstić information content (AvgIpc) is 2.67. The number of hydrogen-bond acceptors (Lipinski definition) is 3. The number of hydrogen-bond donors (Lipinski definition) is 1. The topological polar surface area (TPSA) is 64.0 Å². The van der Waals surface area contributed by atoms with Crippen LogP contribution in [0.5, 0.6) is 0 Å². The molecule has 2 aromatic carbocycles. The Balaban J connectivity index is 1.62. The van der Waals surface area contributed by atoms with Crippen molar-refractivity contribution >= 4 is 39.1 Å². The van der Waals surface area contributed by atoms with Gasteiger partial charge in [0.2, 0.25) is 5.91 Å². The van der Waals surface area contributed by atoms with Crippen LogP contribution in [-0.2, 0) is 11.3 Å². The summed E-state index contributed by atoms with van der Waals surface area (Å²) in [5.41, 5.74) is 3.09. The van der Waals surface area contributed by atoms with Gasteiger partial charge in [0.1, 0.15) is 0 Å². The van der Waals surface area contributed by atoms with Crippen LogP contribution in [0, 0.1) is 6.92 Å². The fraction of sp³-hybridized carbons (Fsp3) is 0.190. The van der Waals surface area contributed by atoms with Crippen molar-refractivity contribution in [3.63, 3.8) is 0 Å². The van der Waals surface area contributed by atoms with E-state index in [2.05, 4.69) is 26.3 Å². The largest absolute Gasteiger partial charge is 0.326 e. The molecule has 0 spiro atoms. The third-order valence-electron chi connectivity index (χ3n) is 4.25. The molecule has 1 aromatic heterocycles. The Kier molecular flexibility index (Phi) is 6.65. The lowest BCUT2D eigenvalue weighted by atomic mass is 10.1. The molecule has 0 aliphatic rings. The fourth-order valence-corrected chi connectivity index (χ4v) is 3.15. The van der Waals surface area contributed by atoms with Crippen LogP contribution in [0.4, 0.5) is 5.69 Å². The molecule has 0 aliphatic heterocycles. The van der Waals surface area contributed by atoms with Crippen molar-refractivity contribution in [2.24, 2.45) is 0 Å². The second kappa shape index (κ2) is 9.17. The number of amides is 1. The first-order valence-corrected chi connectivity index (χ1v) is 9.99. The number of nitrogens with zero attached hydrogens (tertiary/aromatic N) is 2. The summed E-state index contributed by atoms with van der Waals surface area (Å²) >= 11 is 9.38. The molecule has 0 fully saturated rings. The molecule has 0 atom stereocenters. The molecule has 0 unspecified atom stereocenters. The molecule has 0 bridgehead atoms. The number of carbonyl (C=O) groups is 1. The minimum absolute atomic E-state index is 0.123. The Labute approximate surface area is 176 Å². The van der Waals surface area contributed by atoms with Gasteiger partial charge in [0.15, 0.2) is 0 Å². The Bertz CT molecular complexity index is 1050. The highest BCUT2D eigenvalue weighted by molar-refractivity contribution is 9.10. The van der Waals surface area contributed by atoms with Gasteiger partial charge in [0.05, 0.1) is 5.69 Å². The Morgan fingerprint density at radius 2 is 1.89 bits per heavy atom. The van der Waals surface area contributed by atoms with E-state index in [4.69, 9.17) is 11.6 Å². The smallest absolute Gasteiger partial charge is 0.266 e. The van der Waals surface area contributed by atoms with Gasteiger partial charge in [-0.1, -0.05) is 45.7 Å². The molecule has 0 radical (unpaired) electrons. The van der Waals surface area contributed by atoms with Gasteiger partial charge in [-0.15, -0.1) is 0 Å². The van der Waals surface area contributed by atoms with Crippen molar-refractivity contribution in [3.8, 4) is 11.3 Å². The van der Waals surface area contributed by atoms with Crippen molar-refractivity contribution in [2.45, 2.75) is 26.3 Å². The number of carbonyl (C=O) groups excluding carboxylic acids is 1. The van der Waals surface area contributed by atoms with Gasteiger partial charge in [-0.2, -0.15) is 5.10 Å². The molecule has 1 N–H and O–H groups in total. The molecular formula is C21H19BrClN3O2. The van der Waals surface area contributed by atoms with Gasteiger partial charge in [-0.3, -0.25) is 9.59 Å². The molecule has 3 aromatic rings. The summed E-state index contributed by atoms with van der Waals surface area (Å²) in [6, 6.07) is 16.3. The molecule has 3 rings (SSSR count). The third-order valence-corrected chi connectivity index (χ3v) is 5.02. The van der Waals surface area contributed by atoms with Gasteiger partial charge in [0, 0.05) is 39.8 Å². The highest BCUT2D eigenvalue weighted by atomic mass is 79.9. The first-order chi connectivity index (χ1) is 13.4. The minimum Gasteiger partial charge on any atom is -0.326 e. The van der Waals surface area contributed by atoms with Crippen LogP contribution >= 0.6 is 27.5 Å². The van der Waals surface area contributed by atoms with Crippen LogP contribution in [0.2, 0.25) is 5.02 Å². The van der Waals surface area contributed by atoms with Crippen molar-refractivity contribution < 1.29 is 4.79 Å². The lowest BCUT2D eigenvalue weighted by Crippen LogP contribution is -2.23. The highest BCUT2D eigenvalue weighted by Gasteiger charge is 2.08. The summed E-state index contributed by atoms with van der Waals surface area (Å²) in [5.74, 6) is -0.123. The second-order valence-corrected chi connectivity index (χ2v) is 7.75. The second-order valence-electron chi connectivity index (χ2n) is 6.40. The summed E-state index contributed by atoms with van der Waals surface area (Å²) in [7, 11) is 0. The molecular weight excluding hydrogens is 442 g/mol. The van der Waals surface area contributed by atoms with Crippen LogP contribution in [0.1, 0.15) is 18.4 Å². The maximum atomic E-state index is 12.2. The van der Waals surface area contributed by atoms with Crippen molar-refractivity contribution in [1.29, 1.82) is 0 Å². The standard InChI is InChI=1S/C21H19BrClN3O2/c1-14-4-9-17(23)13-19(14)24-20(27)3-2-12-26-21(28)11-10-18(25-26)15-5-7-16(22)8-6-15/h4-11,13H,2-3,12H2,1H3,(H,24,27). The first kappa shape index (κ1) is 20.3. The summed E-state index contributed by atoms with van der Waals surface area (Å²) in [6.45, 7) is 2.27. The van der Waals surface area contributed by atoms with E-state index in [-0.39, 0.29) is 17.9 Å². The fourth-order valence-electron chi connectivity index (χ4n) is 2.71. The quantitative estimate of drug-likeness (QED) is 0.559. The summed E-state index contributed by atoms with van der Waals surface area (Å²) < 4.78 is 2.38. The molecule has 1 heterocycles. The number of benzene rings is 2. The van der Waals surface area contributed by atoms with Gasteiger partial charge in [-0.25, -0.2) is 4.68 Å². The Morgan fingerprint density at radius 3 is 2.64 bits per heavy atom. The SMILES string of the molecule is Cc1ccc(Cl)cc1NC(=O)CCCn1nc(-c2ccc(Br)cc2)ccc1=O. The van der Waals surface area contributed by atoms with Crippen molar-refractivity contribution in [3.05, 3.63) is 80.0 Å². The van der Waals surface area contributed by atoms with Gasteiger partial charge in [0.25, 0.3) is 5.56 Å². The number of nitrogens with one attached hydrogen (secondary N) is 1. The number of aromatic nitrogens is 2. The summed E-state index contributed by atoms with van der Waals surface area (Å²) in [5, 5.41) is 7.85. The van der Waals surface area contributed by atoms with E-state index in [1.54, 1.807) is 18.2 Å². The van der Waals surface area contributed by atoms with Gasteiger partial charge >= 0.3 is 0 Å². The number of rotatable bonds is 6. The van der Waals surface area contributed by atoms with E-state index in [1.165, 1.54) is 10.7 Å². The number of anilines is 1.